The number of aliphatic hydroxyl groups excluding tert-OH is 1. The van der Waals surface area contributed by atoms with E-state index in [9.17, 15) is 4.79 Å². The number of carbonyl (C=O) groups is 1. The first kappa shape index (κ1) is 14.4. The number of nitrogens with two attached hydrogens (primary N) is 1. The largest absolute Gasteiger partial charge is 0.397 e. The molecule has 5 nitrogen and oxygen atoms in total. The van der Waals surface area contributed by atoms with E-state index >= 15 is 0 Å². The number of nitrogens with zero attached hydrogens (tertiary/aromatic N) is 1. The summed E-state index contributed by atoms with van der Waals surface area (Å²) in [5.41, 5.74) is 6.82. The van der Waals surface area contributed by atoms with Crippen LogP contribution in [0.2, 0.25) is 0 Å². The normalized spacial score (nSPS) is 12.1. The number of pyridine rings is 1. The highest BCUT2D eigenvalue weighted by molar-refractivity contribution is 5.78. The van der Waals surface area contributed by atoms with Crippen LogP contribution in [0.1, 0.15) is 25.5 Å². The molecule has 0 aromatic carbocycles. The molecule has 1 rings (SSSR count). The summed E-state index contributed by atoms with van der Waals surface area (Å²) < 4.78 is 0. The van der Waals surface area contributed by atoms with Crippen molar-refractivity contribution in [1.82, 2.24) is 10.3 Å². The van der Waals surface area contributed by atoms with Gasteiger partial charge in [-0.2, -0.15) is 0 Å². The lowest BCUT2D eigenvalue weighted by molar-refractivity contribution is -0.120. The predicted octanol–water partition coefficient (Wildman–Crippen LogP) is 0.731. The first-order valence-corrected chi connectivity index (χ1v) is 6.19. The van der Waals surface area contributed by atoms with Gasteiger partial charge in [0, 0.05) is 18.8 Å². The lowest BCUT2D eigenvalue weighted by Crippen LogP contribution is -2.26. The second-order valence-corrected chi connectivity index (χ2v) is 4.54. The molecular weight excluding hydrogens is 230 g/mol. The van der Waals surface area contributed by atoms with Crippen molar-refractivity contribution in [2.24, 2.45) is 5.92 Å². The summed E-state index contributed by atoms with van der Waals surface area (Å²) in [6.45, 7) is 2.82. The number of hydrogen-bond donors (Lipinski definition) is 3. The van der Waals surface area contributed by atoms with Crippen LogP contribution in [0.25, 0.3) is 0 Å². The fourth-order valence-corrected chi connectivity index (χ4v) is 1.54. The Balaban J connectivity index is 2.19. The molecule has 1 heterocycles. The van der Waals surface area contributed by atoms with Crippen LogP contribution in [0.3, 0.4) is 0 Å². The van der Waals surface area contributed by atoms with Gasteiger partial charge >= 0.3 is 0 Å². The molecule has 1 amide bonds. The molecule has 18 heavy (non-hydrogen) atoms. The maximum Gasteiger partial charge on any atom is 0.226 e. The third-order valence-corrected chi connectivity index (χ3v) is 2.70. The molecule has 0 bridgehead atoms. The van der Waals surface area contributed by atoms with Crippen LogP contribution in [0, 0.1) is 5.92 Å². The van der Waals surface area contributed by atoms with E-state index in [4.69, 9.17) is 10.8 Å². The van der Waals surface area contributed by atoms with Gasteiger partial charge in [-0.15, -0.1) is 0 Å². The minimum Gasteiger partial charge on any atom is -0.397 e. The van der Waals surface area contributed by atoms with Gasteiger partial charge in [0.05, 0.1) is 18.3 Å². The lowest BCUT2D eigenvalue weighted by atomic mass is 10.1. The number of amides is 1. The Hall–Kier alpha value is -1.62. The van der Waals surface area contributed by atoms with Gasteiger partial charge in [0.25, 0.3) is 0 Å². The molecule has 0 spiro atoms. The van der Waals surface area contributed by atoms with Gasteiger partial charge in [0.15, 0.2) is 0 Å². The van der Waals surface area contributed by atoms with Crippen LogP contribution >= 0.6 is 0 Å². The van der Waals surface area contributed by atoms with Crippen LogP contribution in [-0.4, -0.2) is 29.1 Å². The molecule has 1 unspecified atom stereocenters. The molecule has 0 aliphatic rings. The molecule has 0 aliphatic heterocycles. The Kier molecular flexibility index (Phi) is 6.14. The van der Waals surface area contributed by atoms with Crippen molar-refractivity contribution in [3.8, 4) is 0 Å². The van der Waals surface area contributed by atoms with E-state index in [0.29, 0.717) is 23.8 Å². The van der Waals surface area contributed by atoms with E-state index < -0.39 is 0 Å². The maximum atomic E-state index is 11.6. The van der Waals surface area contributed by atoms with Crippen molar-refractivity contribution in [2.45, 2.75) is 26.2 Å². The van der Waals surface area contributed by atoms with Crippen LogP contribution in [0.5, 0.6) is 0 Å². The molecule has 0 radical (unpaired) electrons. The zero-order chi connectivity index (χ0) is 13.4. The lowest BCUT2D eigenvalue weighted by Gasteiger charge is -2.08. The third-order valence-electron chi connectivity index (χ3n) is 2.70. The van der Waals surface area contributed by atoms with E-state index in [1.807, 2.05) is 6.92 Å². The molecule has 5 heteroatoms. The minimum absolute atomic E-state index is 0.0380. The van der Waals surface area contributed by atoms with Crippen molar-refractivity contribution >= 4 is 11.6 Å². The molecule has 4 N–H and O–H groups in total. The molecule has 0 saturated heterocycles. The number of hydrogen-bond acceptors (Lipinski definition) is 4. The van der Waals surface area contributed by atoms with Gasteiger partial charge in [-0.05, 0) is 30.9 Å². The predicted molar refractivity (Wildman–Crippen MR) is 70.8 cm³/mol. The fraction of sp³-hybridized carbons (Fsp3) is 0.538. The number of rotatable bonds is 7. The second kappa shape index (κ2) is 7.66. The van der Waals surface area contributed by atoms with Crippen molar-refractivity contribution in [3.05, 3.63) is 24.0 Å². The van der Waals surface area contributed by atoms with Crippen LogP contribution < -0.4 is 11.1 Å². The fourth-order valence-electron chi connectivity index (χ4n) is 1.54. The van der Waals surface area contributed by atoms with Crippen LogP contribution in [0.15, 0.2) is 18.3 Å². The zero-order valence-electron chi connectivity index (χ0n) is 10.7. The van der Waals surface area contributed by atoms with Crippen molar-refractivity contribution in [1.29, 1.82) is 0 Å². The Labute approximate surface area is 107 Å². The molecule has 1 atom stereocenters. The summed E-state index contributed by atoms with van der Waals surface area (Å²) >= 11 is 0. The molecule has 0 fully saturated rings. The van der Waals surface area contributed by atoms with Crippen LogP contribution in [-0.2, 0) is 11.2 Å². The van der Waals surface area contributed by atoms with Gasteiger partial charge < -0.3 is 16.2 Å². The highest BCUT2D eigenvalue weighted by Gasteiger charge is 2.04. The molecule has 0 aliphatic carbocycles. The smallest absolute Gasteiger partial charge is 0.226 e. The summed E-state index contributed by atoms with van der Waals surface area (Å²) in [6, 6.07) is 3.49. The van der Waals surface area contributed by atoms with Gasteiger partial charge in [-0.25, -0.2) is 0 Å². The summed E-state index contributed by atoms with van der Waals surface area (Å²) in [5.74, 6) is 0.254. The number of aliphatic hydroxyl groups is 1. The average molecular weight is 251 g/mol. The van der Waals surface area contributed by atoms with E-state index in [-0.39, 0.29) is 18.9 Å². The number of carbonyl (C=O) groups excluding carboxylic acids is 1. The minimum atomic E-state index is -0.0380. The van der Waals surface area contributed by atoms with E-state index in [0.717, 1.165) is 12.8 Å². The highest BCUT2D eigenvalue weighted by Crippen LogP contribution is 2.03. The van der Waals surface area contributed by atoms with Gasteiger partial charge in [0.2, 0.25) is 5.91 Å². The standard InChI is InChI=1S/C13H21N3O2/c1-10(9-17)3-2-6-15-13(18)7-12-5-4-11(14)8-16-12/h4-5,8,10,17H,2-3,6-7,9,14H2,1H3,(H,15,18). The zero-order valence-corrected chi connectivity index (χ0v) is 10.7. The summed E-state index contributed by atoms with van der Waals surface area (Å²) in [7, 11) is 0. The van der Waals surface area contributed by atoms with Crippen molar-refractivity contribution in [2.75, 3.05) is 18.9 Å². The van der Waals surface area contributed by atoms with E-state index in [1.165, 1.54) is 0 Å². The molecular formula is C13H21N3O2. The number of aromatic nitrogens is 1. The maximum absolute atomic E-state index is 11.6. The topological polar surface area (TPSA) is 88.2 Å². The average Bonchev–Trinajstić information content (AvgIpc) is 2.37. The Morgan fingerprint density at radius 1 is 1.56 bits per heavy atom. The van der Waals surface area contributed by atoms with E-state index in [1.54, 1.807) is 18.3 Å². The molecule has 0 saturated carbocycles. The number of nitrogen functional groups attached to an aromatic ring is 1. The first-order chi connectivity index (χ1) is 8.61. The monoisotopic (exact) mass is 251 g/mol. The number of nitrogens with one attached hydrogen (secondary N) is 1. The molecule has 1 aromatic rings. The summed E-state index contributed by atoms with van der Waals surface area (Å²) in [4.78, 5) is 15.6. The second-order valence-electron chi connectivity index (χ2n) is 4.54. The van der Waals surface area contributed by atoms with Gasteiger partial charge in [-0.3, -0.25) is 9.78 Å². The molecule has 100 valence electrons. The highest BCUT2D eigenvalue weighted by atomic mass is 16.3. The van der Waals surface area contributed by atoms with Crippen molar-refractivity contribution < 1.29 is 9.90 Å². The third kappa shape index (κ3) is 5.63. The van der Waals surface area contributed by atoms with E-state index in [2.05, 4.69) is 10.3 Å². The first-order valence-electron chi connectivity index (χ1n) is 6.19. The summed E-state index contributed by atoms with van der Waals surface area (Å²) in [5, 5.41) is 11.7. The number of anilines is 1. The molecule has 1 aromatic heterocycles. The van der Waals surface area contributed by atoms with Gasteiger partial charge in [0.1, 0.15) is 0 Å². The Bertz CT molecular complexity index is 365. The van der Waals surface area contributed by atoms with Crippen molar-refractivity contribution in [3.63, 3.8) is 0 Å². The quantitative estimate of drug-likeness (QED) is 0.623. The van der Waals surface area contributed by atoms with Crippen LogP contribution in [0.4, 0.5) is 5.69 Å². The SMILES string of the molecule is CC(CO)CCCNC(=O)Cc1ccc(N)cn1. The Morgan fingerprint density at radius 3 is 2.94 bits per heavy atom. The Morgan fingerprint density at radius 2 is 2.33 bits per heavy atom. The van der Waals surface area contributed by atoms with Gasteiger partial charge in [-0.1, -0.05) is 6.92 Å². The summed E-state index contributed by atoms with van der Waals surface area (Å²) in [6.07, 6.45) is 3.61.